The molecule has 0 spiro atoms. The van der Waals surface area contributed by atoms with Crippen molar-refractivity contribution in [3.63, 3.8) is 0 Å². The standard InChI is InChI=1S/C10H11BrFN3O3S/c11-7-2-8(10(13)14-3-7)15-4-6(1-9(15)16)5-19(12,17)18/h2-3,6H,1,4-5H2,(H2,13,14). The third-order valence-electron chi connectivity index (χ3n) is 2.79. The lowest BCUT2D eigenvalue weighted by atomic mass is 10.1. The highest BCUT2D eigenvalue weighted by atomic mass is 79.9. The summed E-state index contributed by atoms with van der Waals surface area (Å²) in [7, 11) is -4.59. The van der Waals surface area contributed by atoms with Gasteiger partial charge in [-0.1, -0.05) is 0 Å². The first-order valence-corrected chi connectivity index (χ1v) is 7.74. The van der Waals surface area contributed by atoms with E-state index < -0.39 is 21.9 Å². The summed E-state index contributed by atoms with van der Waals surface area (Å²) in [4.78, 5) is 17.1. The summed E-state index contributed by atoms with van der Waals surface area (Å²) in [5.41, 5.74) is 6.09. The molecule has 9 heteroatoms. The molecule has 1 aromatic rings. The van der Waals surface area contributed by atoms with Crippen LogP contribution in [-0.4, -0.2) is 31.6 Å². The van der Waals surface area contributed by atoms with Gasteiger partial charge in [0.15, 0.2) is 0 Å². The van der Waals surface area contributed by atoms with Crippen LogP contribution >= 0.6 is 15.9 Å². The average molecular weight is 352 g/mol. The highest BCUT2D eigenvalue weighted by Crippen LogP contribution is 2.31. The monoisotopic (exact) mass is 351 g/mol. The van der Waals surface area contributed by atoms with Crippen molar-refractivity contribution in [3.8, 4) is 0 Å². The second-order valence-corrected chi connectivity index (χ2v) is 6.66. The van der Waals surface area contributed by atoms with Crippen molar-refractivity contribution in [1.29, 1.82) is 0 Å². The second-order valence-electron chi connectivity index (χ2n) is 4.34. The van der Waals surface area contributed by atoms with Gasteiger partial charge in [-0.25, -0.2) is 4.98 Å². The van der Waals surface area contributed by atoms with Crippen LogP contribution in [0.4, 0.5) is 15.4 Å². The number of hydrogen-bond acceptors (Lipinski definition) is 5. The van der Waals surface area contributed by atoms with Crippen LogP contribution < -0.4 is 10.6 Å². The van der Waals surface area contributed by atoms with Gasteiger partial charge in [0, 0.05) is 29.6 Å². The number of aromatic nitrogens is 1. The van der Waals surface area contributed by atoms with E-state index in [1.807, 2.05) is 0 Å². The van der Waals surface area contributed by atoms with E-state index in [-0.39, 0.29) is 24.7 Å². The molecule has 1 atom stereocenters. The minimum Gasteiger partial charge on any atom is -0.382 e. The van der Waals surface area contributed by atoms with Crippen LogP contribution in [0.15, 0.2) is 16.7 Å². The van der Waals surface area contributed by atoms with E-state index in [1.54, 1.807) is 6.07 Å². The van der Waals surface area contributed by atoms with Crippen molar-refractivity contribution in [2.45, 2.75) is 6.42 Å². The van der Waals surface area contributed by atoms with Crippen LogP contribution in [0, 0.1) is 5.92 Å². The molecule has 1 aliphatic rings. The fraction of sp³-hybridized carbons (Fsp3) is 0.400. The number of rotatable bonds is 3. The van der Waals surface area contributed by atoms with E-state index in [9.17, 15) is 17.1 Å². The molecule has 1 aliphatic heterocycles. The number of pyridine rings is 1. The maximum Gasteiger partial charge on any atom is 0.302 e. The molecule has 2 heterocycles. The maximum atomic E-state index is 12.6. The third kappa shape index (κ3) is 3.41. The number of carbonyl (C=O) groups excluding carboxylic acids is 1. The van der Waals surface area contributed by atoms with Crippen LogP contribution in [0.2, 0.25) is 0 Å². The van der Waals surface area contributed by atoms with Gasteiger partial charge < -0.3 is 10.6 Å². The van der Waals surface area contributed by atoms with Gasteiger partial charge >= 0.3 is 10.2 Å². The Kier molecular flexibility index (Phi) is 3.77. The van der Waals surface area contributed by atoms with Gasteiger partial charge in [-0.05, 0) is 22.0 Å². The van der Waals surface area contributed by atoms with Gasteiger partial charge in [0.2, 0.25) is 5.91 Å². The van der Waals surface area contributed by atoms with Crippen molar-refractivity contribution < 1.29 is 17.1 Å². The summed E-state index contributed by atoms with van der Waals surface area (Å²) in [5, 5.41) is 0. The second kappa shape index (κ2) is 5.04. The highest BCUT2D eigenvalue weighted by molar-refractivity contribution is 9.10. The predicted octanol–water partition coefficient (Wildman–Crippen LogP) is 1.08. The van der Waals surface area contributed by atoms with Crippen molar-refractivity contribution in [2.75, 3.05) is 22.9 Å². The smallest absolute Gasteiger partial charge is 0.302 e. The van der Waals surface area contributed by atoms with E-state index in [0.717, 1.165) is 0 Å². The minimum absolute atomic E-state index is 0.0187. The quantitative estimate of drug-likeness (QED) is 0.822. The molecule has 0 saturated carbocycles. The molecular formula is C10H11BrFN3O3S. The van der Waals surface area contributed by atoms with Crippen LogP contribution in [-0.2, 0) is 15.0 Å². The third-order valence-corrected chi connectivity index (χ3v) is 4.10. The fourth-order valence-corrected chi connectivity index (χ4v) is 3.17. The Hall–Kier alpha value is -1.22. The molecule has 1 unspecified atom stereocenters. The Morgan fingerprint density at radius 2 is 2.26 bits per heavy atom. The van der Waals surface area contributed by atoms with Crippen molar-refractivity contribution >= 4 is 43.6 Å². The lowest BCUT2D eigenvalue weighted by molar-refractivity contribution is -0.117. The Morgan fingerprint density at radius 1 is 1.58 bits per heavy atom. The molecule has 1 saturated heterocycles. The lowest BCUT2D eigenvalue weighted by Gasteiger charge is -2.18. The summed E-state index contributed by atoms with van der Waals surface area (Å²) in [6.45, 7) is 0.115. The largest absolute Gasteiger partial charge is 0.382 e. The number of halogens is 2. The molecule has 0 radical (unpaired) electrons. The van der Waals surface area contributed by atoms with Gasteiger partial charge in [-0.2, -0.15) is 8.42 Å². The Balaban J connectivity index is 2.23. The molecular weight excluding hydrogens is 341 g/mol. The zero-order valence-electron chi connectivity index (χ0n) is 9.71. The first-order chi connectivity index (χ1) is 8.76. The summed E-state index contributed by atoms with van der Waals surface area (Å²) < 4.78 is 34.5. The van der Waals surface area contributed by atoms with E-state index in [0.29, 0.717) is 10.2 Å². The molecule has 0 aromatic carbocycles. The Bertz CT molecular complexity index is 622. The number of nitrogens with zero attached hydrogens (tertiary/aromatic N) is 2. The first-order valence-electron chi connectivity index (χ1n) is 5.40. The van der Waals surface area contributed by atoms with Gasteiger partial charge in [-0.3, -0.25) is 4.79 Å². The Labute approximate surface area is 118 Å². The van der Waals surface area contributed by atoms with E-state index in [2.05, 4.69) is 20.9 Å². The molecule has 104 valence electrons. The van der Waals surface area contributed by atoms with Crippen molar-refractivity contribution in [3.05, 3.63) is 16.7 Å². The van der Waals surface area contributed by atoms with Crippen LogP contribution in [0.5, 0.6) is 0 Å². The fourth-order valence-electron chi connectivity index (χ4n) is 2.06. The van der Waals surface area contributed by atoms with Crippen LogP contribution in [0.3, 0.4) is 0 Å². The van der Waals surface area contributed by atoms with Crippen molar-refractivity contribution in [2.24, 2.45) is 5.92 Å². The molecule has 0 bridgehead atoms. The molecule has 6 nitrogen and oxygen atoms in total. The molecule has 1 amide bonds. The number of amides is 1. The van der Waals surface area contributed by atoms with Crippen LogP contribution in [0.1, 0.15) is 6.42 Å². The number of hydrogen-bond donors (Lipinski definition) is 1. The van der Waals surface area contributed by atoms with E-state index in [1.165, 1.54) is 11.1 Å². The molecule has 1 fully saturated rings. The van der Waals surface area contributed by atoms with E-state index in [4.69, 9.17) is 5.73 Å². The SMILES string of the molecule is Nc1ncc(Br)cc1N1CC(CS(=O)(=O)F)CC1=O. The predicted molar refractivity (Wildman–Crippen MR) is 71.7 cm³/mol. The molecule has 2 N–H and O–H groups in total. The number of nitrogen functional groups attached to an aromatic ring is 1. The highest BCUT2D eigenvalue weighted by Gasteiger charge is 2.34. The molecule has 0 aliphatic carbocycles. The first kappa shape index (κ1) is 14.2. The topological polar surface area (TPSA) is 93.4 Å². The normalized spacial score (nSPS) is 20.0. The minimum atomic E-state index is -4.59. The van der Waals surface area contributed by atoms with Gasteiger partial charge in [0.1, 0.15) is 5.82 Å². The molecule has 19 heavy (non-hydrogen) atoms. The average Bonchev–Trinajstić information content (AvgIpc) is 2.60. The van der Waals surface area contributed by atoms with Gasteiger partial charge in [-0.15, -0.1) is 3.89 Å². The zero-order valence-corrected chi connectivity index (χ0v) is 12.1. The summed E-state index contributed by atoms with van der Waals surface area (Å²) in [5.74, 6) is -1.35. The lowest BCUT2D eigenvalue weighted by Crippen LogP contribution is -2.26. The summed E-state index contributed by atoms with van der Waals surface area (Å²) >= 11 is 3.22. The van der Waals surface area contributed by atoms with Gasteiger partial charge in [0.25, 0.3) is 0 Å². The summed E-state index contributed by atoms with van der Waals surface area (Å²) in [6, 6.07) is 1.62. The maximum absolute atomic E-state index is 12.6. The summed E-state index contributed by atoms with van der Waals surface area (Å²) in [6.07, 6.45) is 1.47. The van der Waals surface area contributed by atoms with Gasteiger partial charge in [0.05, 0.1) is 11.4 Å². The molecule has 1 aromatic heterocycles. The zero-order chi connectivity index (χ0) is 14.2. The number of anilines is 2. The number of nitrogens with two attached hydrogens (primary N) is 1. The van der Waals surface area contributed by atoms with Crippen molar-refractivity contribution in [1.82, 2.24) is 4.98 Å². The van der Waals surface area contributed by atoms with Crippen LogP contribution in [0.25, 0.3) is 0 Å². The number of carbonyl (C=O) groups is 1. The Morgan fingerprint density at radius 3 is 2.89 bits per heavy atom. The molecule has 2 rings (SSSR count). The van der Waals surface area contributed by atoms with E-state index >= 15 is 0 Å².